The number of hydrazone groups is 1. The van der Waals surface area contributed by atoms with Crippen LogP contribution in [0.4, 0.5) is 0 Å². The van der Waals surface area contributed by atoms with E-state index in [2.05, 4.69) is 20.7 Å². The van der Waals surface area contributed by atoms with E-state index in [0.717, 1.165) is 21.8 Å². The second-order valence-corrected chi connectivity index (χ2v) is 8.81. The number of amides is 1. The summed E-state index contributed by atoms with van der Waals surface area (Å²) in [7, 11) is 0. The molecular weight excluding hydrogens is 450 g/mol. The highest BCUT2D eigenvalue weighted by molar-refractivity contribution is 7.99. The molecule has 31 heavy (non-hydrogen) atoms. The molecule has 1 N–H and O–H groups in total. The van der Waals surface area contributed by atoms with E-state index in [9.17, 15) is 4.79 Å². The number of nitrogens with zero attached hydrogens (tertiary/aromatic N) is 4. The average molecular weight is 468 g/mol. The summed E-state index contributed by atoms with van der Waals surface area (Å²) in [6.07, 6.45) is 0. The third-order valence-electron chi connectivity index (χ3n) is 4.31. The van der Waals surface area contributed by atoms with Gasteiger partial charge in [-0.15, -0.1) is 21.5 Å². The standard InChI is InChI=1S/C22H18ClN5OS2/c1-15(19-8-5-13-30-19)24-25-20(29)14-31-22-27-26-21(16-6-3-2-4-7-16)28(22)18-11-9-17(23)10-12-18/h2-13H,14H2,1H3,(H,25,29)/b24-15-. The first-order valence-corrected chi connectivity index (χ1v) is 11.6. The van der Waals surface area contributed by atoms with Crippen LogP contribution in [0.1, 0.15) is 11.8 Å². The van der Waals surface area contributed by atoms with Gasteiger partial charge in [0.15, 0.2) is 11.0 Å². The normalized spacial score (nSPS) is 11.5. The zero-order valence-electron chi connectivity index (χ0n) is 16.5. The Morgan fingerprint density at radius 1 is 1.10 bits per heavy atom. The van der Waals surface area contributed by atoms with E-state index in [-0.39, 0.29) is 11.7 Å². The Morgan fingerprint density at radius 2 is 1.87 bits per heavy atom. The number of hydrogen-bond donors (Lipinski definition) is 1. The van der Waals surface area contributed by atoms with Crippen LogP contribution in [0.25, 0.3) is 17.1 Å². The highest BCUT2D eigenvalue weighted by Gasteiger charge is 2.17. The molecule has 6 nitrogen and oxygen atoms in total. The lowest BCUT2D eigenvalue weighted by molar-refractivity contribution is -0.118. The smallest absolute Gasteiger partial charge is 0.250 e. The number of halogens is 1. The van der Waals surface area contributed by atoms with Crippen molar-refractivity contribution in [2.75, 3.05) is 5.75 Å². The lowest BCUT2D eigenvalue weighted by atomic mass is 10.2. The predicted octanol–water partition coefficient (Wildman–Crippen LogP) is 5.28. The molecule has 0 saturated heterocycles. The lowest BCUT2D eigenvalue weighted by Crippen LogP contribution is -2.21. The third kappa shape index (κ3) is 5.22. The summed E-state index contributed by atoms with van der Waals surface area (Å²) in [6, 6.07) is 21.1. The van der Waals surface area contributed by atoms with Crippen LogP contribution >= 0.6 is 34.7 Å². The second kappa shape index (κ2) is 9.91. The van der Waals surface area contributed by atoms with Gasteiger partial charge in [-0.25, -0.2) is 5.43 Å². The van der Waals surface area contributed by atoms with Crippen molar-refractivity contribution in [3.8, 4) is 17.1 Å². The molecule has 0 bridgehead atoms. The SMILES string of the molecule is C/C(=N/NC(=O)CSc1nnc(-c2ccccc2)n1-c1ccc(Cl)cc1)c1cccs1. The molecule has 4 aromatic rings. The van der Waals surface area contributed by atoms with Crippen molar-refractivity contribution in [3.63, 3.8) is 0 Å². The van der Waals surface area contributed by atoms with Crippen molar-refractivity contribution in [1.82, 2.24) is 20.2 Å². The van der Waals surface area contributed by atoms with Crippen molar-refractivity contribution < 1.29 is 4.79 Å². The fraction of sp³-hybridized carbons (Fsp3) is 0.0909. The number of hydrogen-bond acceptors (Lipinski definition) is 6. The van der Waals surface area contributed by atoms with Gasteiger partial charge in [-0.3, -0.25) is 9.36 Å². The van der Waals surface area contributed by atoms with Crippen LogP contribution in [-0.4, -0.2) is 32.1 Å². The quantitative estimate of drug-likeness (QED) is 0.228. The molecule has 2 heterocycles. The minimum Gasteiger partial charge on any atom is -0.272 e. The highest BCUT2D eigenvalue weighted by Crippen LogP contribution is 2.28. The van der Waals surface area contributed by atoms with E-state index in [1.54, 1.807) is 11.3 Å². The number of carbonyl (C=O) groups is 1. The molecule has 0 aliphatic rings. The molecule has 0 unspecified atom stereocenters. The van der Waals surface area contributed by atoms with Crippen LogP contribution in [0, 0.1) is 0 Å². The molecule has 4 rings (SSSR count). The first kappa shape index (κ1) is 21.3. The summed E-state index contributed by atoms with van der Waals surface area (Å²) in [5.74, 6) is 0.632. The molecular formula is C22H18ClN5OS2. The van der Waals surface area contributed by atoms with Crippen LogP contribution in [-0.2, 0) is 4.79 Å². The monoisotopic (exact) mass is 467 g/mol. The Labute approximate surface area is 193 Å². The third-order valence-corrected chi connectivity index (χ3v) is 6.47. The molecule has 2 aromatic carbocycles. The van der Waals surface area contributed by atoms with Crippen molar-refractivity contribution in [2.45, 2.75) is 12.1 Å². The number of aromatic nitrogens is 3. The molecule has 0 aliphatic carbocycles. The van der Waals surface area contributed by atoms with Crippen molar-refractivity contribution in [1.29, 1.82) is 0 Å². The Balaban J connectivity index is 1.54. The van der Waals surface area contributed by atoms with Crippen molar-refractivity contribution in [3.05, 3.63) is 82.0 Å². The molecule has 0 saturated carbocycles. The van der Waals surface area contributed by atoms with Crippen LogP contribution in [0.5, 0.6) is 0 Å². The number of benzene rings is 2. The second-order valence-electron chi connectivity index (χ2n) is 6.48. The van der Waals surface area contributed by atoms with E-state index < -0.39 is 0 Å². The van der Waals surface area contributed by atoms with Crippen LogP contribution < -0.4 is 5.43 Å². The zero-order chi connectivity index (χ0) is 21.6. The average Bonchev–Trinajstić information content (AvgIpc) is 3.48. The first-order chi connectivity index (χ1) is 15.1. The molecule has 9 heteroatoms. The minimum atomic E-state index is -0.215. The van der Waals surface area contributed by atoms with E-state index in [1.165, 1.54) is 11.8 Å². The predicted molar refractivity (Wildman–Crippen MR) is 127 cm³/mol. The number of thioether (sulfide) groups is 1. The van der Waals surface area contributed by atoms with Gasteiger partial charge in [0.1, 0.15) is 0 Å². The Kier molecular flexibility index (Phi) is 6.81. The maximum Gasteiger partial charge on any atom is 0.250 e. The van der Waals surface area contributed by atoms with Crippen molar-refractivity contribution in [2.24, 2.45) is 5.10 Å². The molecule has 0 atom stereocenters. The lowest BCUT2D eigenvalue weighted by Gasteiger charge is -2.10. The van der Waals surface area contributed by atoms with E-state index in [4.69, 9.17) is 11.6 Å². The van der Waals surface area contributed by atoms with Gasteiger partial charge >= 0.3 is 0 Å². The number of nitrogens with one attached hydrogen (secondary N) is 1. The highest BCUT2D eigenvalue weighted by atomic mass is 35.5. The Hall–Kier alpha value is -2.94. The molecule has 1 amide bonds. The van der Waals surface area contributed by atoms with Crippen LogP contribution in [0.2, 0.25) is 5.02 Å². The van der Waals surface area contributed by atoms with Gasteiger partial charge in [0.2, 0.25) is 0 Å². The van der Waals surface area contributed by atoms with Gasteiger partial charge in [0, 0.05) is 21.2 Å². The molecule has 156 valence electrons. The summed E-state index contributed by atoms with van der Waals surface area (Å²) in [6.45, 7) is 1.86. The van der Waals surface area contributed by atoms with Gasteiger partial charge in [-0.2, -0.15) is 5.10 Å². The van der Waals surface area contributed by atoms with E-state index >= 15 is 0 Å². The number of rotatable bonds is 7. The van der Waals surface area contributed by atoms with Gasteiger partial charge in [0.05, 0.1) is 11.5 Å². The Morgan fingerprint density at radius 3 is 2.58 bits per heavy atom. The topological polar surface area (TPSA) is 72.2 Å². The molecule has 0 radical (unpaired) electrons. The molecule has 2 aromatic heterocycles. The minimum absolute atomic E-state index is 0.154. The van der Waals surface area contributed by atoms with Crippen LogP contribution in [0.15, 0.2) is 82.4 Å². The maximum absolute atomic E-state index is 12.3. The van der Waals surface area contributed by atoms with Gasteiger partial charge in [-0.1, -0.05) is 59.8 Å². The van der Waals surface area contributed by atoms with Gasteiger partial charge in [-0.05, 0) is 42.6 Å². The maximum atomic E-state index is 12.3. The fourth-order valence-corrected chi connectivity index (χ4v) is 4.36. The van der Waals surface area contributed by atoms with Crippen molar-refractivity contribution >= 4 is 46.3 Å². The number of carbonyl (C=O) groups excluding carboxylic acids is 1. The van der Waals surface area contributed by atoms with E-state index in [0.29, 0.717) is 16.0 Å². The Bertz CT molecular complexity index is 1190. The molecule has 0 aliphatic heterocycles. The number of thiophene rings is 1. The zero-order valence-corrected chi connectivity index (χ0v) is 18.9. The van der Waals surface area contributed by atoms with E-state index in [1.807, 2.05) is 83.6 Å². The molecule has 0 spiro atoms. The largest absolute Gasteiger partial charge is 0.272 e. The molecule has 0 fully saturated rings. The summed E-state index contributed by atoms with van der Waals surface area (Å²) in [4.78, 5) is 13.4. The van der Waals surface area contributed by atoms with Crippen LogP contribution in [0.3, 0.4) is 0 Å². The first-order valence-electron chi connectivity index (χ1n) is 9.38. The summed E-state index contributed by atoms with van der Waals surface area (Å²) >= 11 is 8.93. The summed E-state index contributed by atoms with van der Waals surface area (Å²) < 4.78 is 1.92. The van der Waals surface area contributed by atoms with Gasteiger partial charge in [0.25, 0.3) is 5.91 Å². The van der Waals surface area contributed by atoms with Gasteiger partial charge < -0.3 is 0 Å². The fourth-order valence-electron chi connectivity index (χ4n) is 2.81. The summed E-state index contributed by atoms with van der Waals surface area (Å²) in [5.41, 5.74) is 5.17. The summed E-state index contributed by atoms with van der Waals surface area (Å²) in [5, 5.41) is 16.1.